The highest BCUT2D eigenvalue weighted by atomic mass is 19.1. The zero-order valence-electron chi connectivity index (χ0n) is 16.2. The highest BCUT2D eigenvalue weighted by Crippen LogP contribution is 2.30. The van der Waals surface area contributed by atoms with Gasteiger partial charge in [0, 0.05) is 12.0 Å². The maximum Gasteiger partial charge on any atom is 0.309 e. The fraction of sp³-hybridized carbons (Fsp3) is 0.182. The fourth-order valence-electron chi connectivity index (χ4n) is 3.37. The van der Waals surface area contributed by atoms with Crippen molar-refractivity contribution >= 4 is 17.2 Å². The van der Waals surface area contributed by atoms with Crippen LogP contribution in [-0.4, -0.2) is 43.5 Å². The lowest BCUT2D eigenvalue weighted by molar-refractivity contribution is -0.156. The first kappa shape index (κ1) is 20.5. The van der Waals surface area contributed by atoms with Crippen molar-refractivity contribution in [3.63, 3.8) is 0 Å². The molecule has 0 unspecified atom stereocenters. The Labute approximate surface area is 176 Å². The van der Waals surface area contributed by atoms with Crippen LogP contribution < -0.4 is 0 Å². The van der Waals surface area contributed by atoms with Crippen LogP contribution in [0.1, 0.15) is 24.0 Å². The van der Waals surface area contributed by atoms with Crippen LogP contribution in [0.4, 0.5) is 8.78 Å². The van der Waals surface area contributed by atoms with Crippen LogP contribution in [0.3, 0.4) is 0 Å². The Balaban J connectivity index is 1.86. The number of aromatic nitrogens is 4. The predicted molar refractivity (Wildman–Crippen MR) is 107 cm³/mol. The molecule has 0 aliphatic carbocycles. The van der Waals surface area contributed by atoms with Gasteiger partial charge in [-0.1, -0.05) is 24.3 Å². The van der Waals surface area contributed by atoms with Gasteiger partial charge in [-0.2, -0.15) is 4.68 Å². The van der Waals surface area contributed by atoms with Crippen LogP contribution in [0.25, 0.3) is 11.3 Å². The van der Waals surface area contributed by atoms with Gasteiger partial charge in [-0.05, 0) is 58.0 Å². The van der Waals surface area contributed by atoms with Crippen LogP contribution >= 0.6 is 0 Å². The summed E-state index contributed by atoms with van der Waals surface area (Å²) in [6.07, 6.45) is 3.47. The summed E-state index contributed by atoms with van der Waals surface area (Å²) in [5.41, 5.74) is 2.37. The normalized spacial score (nSPS) is 18.7. The number of carbonyl (C=O) groups excluding carboxylic acids is 1. The molecule has 3 aromatic rings. The third kappa shape index (κ3) is 4.89. The zero-order chi connectivity index (χ0) is 21.8. The topological polar surface area (TPSA) is 90.1 Å². The lowest BCUT2D eigenvalue weighted by atomic mass is 9.95. The number of tetrazole rings is 1. The molecule has 0 radical (unpaired) electrons. The van der Waals surface area contributed by atoms with Gasteiger partial charge in [0.05, 0.1) is 18.2 Å². The number of hydrogen-bond donors (Lipinski definition) is 1. The van der Waals surface area contributed by atoms with Crippen LogP contribution in [0.15, 0.2) is 67.0 Å². The number of allylic oxidation sites excluding steroid dienone is 2. The van der Waals surface area contributed by atoms with Crippen molar-refractivity contribution in [3.05, 3.63) is 89.8 Å². The van der Waals surface area contributed by atoms with Crippen molar-refractivity contribution in [1.29, 1.82) is 0 Å². The molecule has 1 N–H and O–H groups in total. The Morgan fingerprint density at radius 1 is 1.06 bits per heavy atom. The number of cyclic esters (lactones) is 1. The van der Waals surface area contributed by atoms with Gasteiger partial charge < -0.3 is 9.84 Å². The first-order valence-corrected chi connectivity index (χ1v) is 9.55. The first-order valence-electron chi connectivity index (χ1n) is 9.55. The standard InChI is InChI=1S/C22H18F2N4O3/c23-16-5-1-14(2-6-16)22(15-3-7-17(24)8-4-15)20(28-13-25-26-27-28)10-9-19-11-18(29)12-21(30)31-19/h1-10,13,18-19,29H,11-12H2/b10-9+/t18-,19-/m1/s1. The van der Waals surface area contributed by atoms with Crippen molar-refractivity contribution < 1.29 is 23.4 Å². The summed E-state index contributed by atoms with van der Waals surface area (Å²) < 4.78 is 33.8. The molecule has 1 saturated heterocycles. The van der Waals surface area contributed by atoms with Gasteiger partial charge >= 0.3 is 5.97 Å². The molecule has 1 aromatic heterocycles. The molecule has 9 heteroatoms. The Hall–Kier alpha value is -3.72. The third-order valence-electron chi connectivity index (χ3n) is 4.78. The van der Waals surface area contributed by atoms with Crippen molar-refractivity contribution in [3.8, 4) is 0 Å². The quantitative estimate of drug-likeness (QED) is 0.500. The highest BCUT2D eigenvalue weighted by Gasteiger charge is 2.25. The SMILES string of the molecule is O=C1C[C@H](O)C[C@@H](/C=C/C(=C(c2ccc(F)cc2)c2ccc(F)cc2)n2cnnn2)O1. The summed E-state index contributed by atoms with van der Waals surface area (Å²) in [6, 6.07) is 11.6. The van der Waals surface area contributed by atoms with Gasteiger partial charge in [0.2, 0.25) is 0 Å². The third-order valence-corrected chi connectivity index (χ3v) is 4.78. The van der Waals surface area contributed by atoms with Crippen molar-refractivity contribution in [1.82, 2.24) is 20.2 Å². The van der Waals surface area contributed by atoms with Crippen molar-refractivity contribution in [2.45, 2.75) is 25.0 Å². The Morgan fingerprint density at radius 2 is 1.68 bits per heavy atom. The number of esters is 1. The number of nitrogens with zero attached hydrogens (tertiary/aromatic N) is 4. The number of benzene rings is 2. The van der Waals surface area contributed by atoms with Gasteiger partial charge in [0.25, 0.3) is 0 Å². The molecule has 0 saturated carbocycles. The summed E-state index contributed by atoms with van der Waals surface area (Å²) in [4.78, 5) is 11.7. The van der Waals surface area contributed by atoms with E-state index in [1.807, 2.05) is 0 Å². The number of hydrogen-bond acceptors (Lipinski definition) is 6. The van der Waals surface area contributed by atoms with E-state index in [-0.39, 0.29) is 12.8 Å². The molecule has 31 heavy (non-hydrogen) atoms. The minimum absolute atomic E-state index is 0.0452. The Kier molecular flexibility index (Phi) is 5.94. The van der Waals surface area contributed by atoms with E-state index in [2.05, 4.69) is 15.5 Å². The van der Waals surface area contributed by atoms with Crippen molar-refractivity contribution in [2.75, 3.05) is 0 Å². The summed E-state index contributed by atoms with van der Waals surface area (Å²) in [5.74, 6) is -1.28. The summed E-state index contributed by atoms with van der Waals surface area (Å²) in [6.45, 7) is 0. The summed E-state index contributed by atoms with van der Waals surface area (Å²) in [7, 11) is 0. The lowest BCUT2D eigenvalue weighted by Crippen LogP contribution is -2.31. The molecule has 1 aliphatic heterocycles. The molecule has 158 valence electrons. The van der Waals surface area contributed by atoms with E-state index in [1.165, 1.54) is 35.3 Å². The van der Waals surface area contributed by atoms with E-state index in [9.17, 15) is 18.7 Å². The minimum atomic E-state index is -0.787. The van der Waals surface area contributed by atoms with E-state index in [1.54, 1.807) is 36.4 Å². The lowest BCUT2D eigenvalue weighted by Gasteiger charge is -2.23. The average molecular weight is 424 g/mol. The van der Waals surface area contributed by atoms with E-state index in [0.717, 1.165) is 0 Å². The molecular weight excluding hydrogens is 406 g/mol. The van der Waals surface area contributed by atoms with Crippen LogP contribution in [0.5, 0.6) is 0 Å². The number of aliphatic hydroxyl groups excluding tert-OH is 1. The molecule has 0 spiro atoms. The van der Waals surface area contributed by atoms with Crippen molar-refractivity contribution in [2.24, 2.45) is 0 Å². The van der Waals surface area contributed by atoms with Gasteiger partial charge in [0.15, 0.2) is 0 Å². The highest BCUT2D eigenvalue weighted by molar-refractivity contribution is 5.96. The zero-order valence-corrected chi connectivity index (χ0v) is 16.2. The monoisotopic (exact) mass is 424 g/mol. The second-order valence-electron chi connectivity index (χ2n) is 7.01. The minimum Gasteiger partial charge on any atom is -0.458 e. The second kappa shape index (κ2) is 8.97. The molecule has 1 aliphatic rings. The maximum atomic E-state index is 13.6. The summed E-state index contributed by atoms with van der Waals surface area (Å²) >= 11 is 0. The fourth-order valence-corrected chi connectivity index (χ4v) is 3.37. The largest absolute Gasteiger partial charge is 0.458 e. The molecular formula is C22H18F2N4O3. The molecule has 7 nitrogen and oxygen atoms in total. The van der Waals surface area contributed by atoms with Crippen LogP contribution in [-0.2, 0) is 9.53 Å². The van der Waals surface area contributed by atoms with Gasteiger partial charge in [-0.25, -0.2) is 8.78 Å². The average Bonchev–Trinajstić information content (AvgIpc) is 3.27. The molecule has 1 fully saturated rings. The predicted octanol–water partition coefficient (Wildman–Crippen LogP) is 2.99. The van der Waals surface area contributed by atoms with E-state index in [4.69, 9.17) is 4.74 Å². The second-order valence-corrected chi connectivity index (χ2v) is 7.01. The molecule has 2 heterocycles. The van der Waals surface area contributed by atoms with E-state index < -0.39 is 29.8 Å². The number of halogens is 2. The molecule has 4 rings (SSSR count). The maximum absolute atomic E-state index is 13.6. The van der Waals surface area contributed by atoms with Crippen LogP contribution in [0.2, 0.25) is 0 Å². The molecule has 2 atom stereocenters. The van der Waals surface area contributed by atoms with Gasteiger partial charge in [-0.3, -0.25) is 4.79 Å². The Morgan fingerprint density at radius 3 is 2.19 bits per heavy atom. The number of carbonyl (C=O) groups is 1. The molecule has 2 aromatic carbocycles. The van der Waals surface area contributed by atoms with Crippen LogP contribution in [0, 0.1) is 11.6 Å². The number of ether oxygens (including phenoxy) is 1. The summed E-state index contributed by atoms with van der Waals surface area (Å²) in [5, 5.41) is 21.2. The first-order chi connectivity index (χ1) is 15.0. The smallest absolute Gasteiger partial charge is 0.309 e. The van der Waals surface area contributed by atoms with Gasteiger partial charge in [-0.15, -0.1) is 5.10 Å². The molecule has 0 amide bonds. The van der Waals surface area contributed by atoms with E-state index in [0.29, 0.717) is 22.4 Å². The van der Waals surface area contributed by atoms with Gasteiger partial charge in [0.1, 0.15) is 24.1 Å². The Bertz CT molecular complexity index is 1060. The number of aliphatic hydroxyl groups is 1. The van der Waals surface area contributed by atoms with E-state index >= 15 is 0 Å². The molecule has 0 bridgehead atoms. The number of rotatable bonds is 5.